The maximum atomic E-state index is 12.6. The molecule has 7 heteroatoms. The molecule has 2 N–H and O–H groups in total. The molecule has 0 saturated carbocycles. The molecule has 0 fully saturated rings. The van der Waals surface area contributed by atoms with Crippen molar-refractivity contribution in [3.63, 3.8) is 0 Å². The molecule has 0 spiro atoms. The number of aromatic nitrogens is 2. The molecule has 4 aromatic rings. The van der Waals surface area contributed by atoms with E-state index in [0.717, 1.165) is 5.56 Å². The van der Waals surface area contributed by atoms with Gasteiger partial charge < -0.3 is 10.1 Å². The van der Waals surface area contributed by atoms with Gasteiger partial charge in [-0.25, -0.2) is 4.68 Å². The van der Waals surface area contributed by atoms with Crippen molar-refractivity contribution >= 4 is 22.4 Å². The van der Waals surface area contributed by atoms with Gasteiger partial charge in [0.05, 0.1) is 23.0 Å². The van der Waals surface area contributed by atoms with Gasteiger partial charge in [0.25, 0.3) is 11.1 Å². The zero-order chi connectivity index (χ0) is 21.8. The van der Waals surface area contributed by atoms with E-state index in [2.05, 4.69) is 10.4 Å². The molecular weight excluding hydrogens is 394 g/mol. The number of H-pyrrole nitrogens is 1. The molecule has 0 aliphatic heterocycles. The van der Waals surface area contributed by atoms with Gasteiger partial charge in [-0.15, -0.1) is 0 Å². The molecule has 0 aliphatic carbocycles. The molecule has 3 aromatic carbocycles. The molecule has 156 valence electrons. The Morgan fingerprint density at radius 1 is 0.968 bits per heavy atom. The lowest BCUT2D eigenvalue weighted by atomic mass is 10.2. The number of carbonyl (C=O) groups is 1. The lowest BCUT2D eigenvalue weighted by molar-refractivity contribution is -0.116. The predicted molar refractivity (Wildman–Crippen MR) is 120 cm³/mol. The van der Waals surface area contributed by atoms with Crippen LogP contribution in [0.3, 0.4) is 0 Å². The van der Waals surface area contributed by atoms with Crippen LogP contribution in [0, 0.1) is 6.92 Å². The lowest BCUT2D eigenvalue weighted by Crippen LogP contribution is -2.31. The Morgan fingerprint density at radius 3 is 2.52 bits per heavy atom. The van der Waals surface area contributed by atoms with Gasteiger partial charge in [0, 0.05) is 6.42 Å². The summed E-state index contributed by atoms with van der Waals surface area (Å²) in [7, 11) is 0. The smallest absolute Gasteiger partial charge is 0.273 e. The van der Waals surface area contributed by atoms with Crippen LogP contribution in [-0.2, 0) is 11.3 Å². The van der Waals surface area contributed by atoms with E-state index in [4.69, 9.17) is 4.74 Å². The molecule has 1 heterocycles. The van der Waals surface area contributed by atoms with E-state index in [0.29, 0.717) is 28.0 Å². The van der Waals surface area contributed by atoms with Crippen LogP contribution >= 0.6 is 0 Å². The number of nitrogens with zero attached hydrogens (tertiary/aromatic N) is 1. The van der Waals surface area contributed by atoms with Crippen molar-refractivity contribution in [2.24, 2.45) is 0 Å². The number of amides is 1. The van der Waals surface area contributed by atoms with Gasteiger partial charge in [-0.3, -0.25) is 19.5 Å². The number of hydrogen-bond acceptors (Lipinski definition) is 4. The van der Waals surface area contributed by atoms with Crippen LogP contribution in [-0.4, -0.2) is 15.7 Å². The Bertz CT molecular complexity index is 1370. The van der Waals surface area contributed by atoms with Gasteiger partial charge in [-0.1, -0.05) is 36.4 Å². The normalized spacial score (nSPS) is 10.7. The summed E-state index contributed by atoms with van der Waals surface area (Å²) in [6.45, 7) is 2.02. The van der Waals surface area contributed by atoms with E-state index < -0.39 is 0 Å². The number of nitrogens with one attached hydrogen (secondary N) is 2. The fourth-order valence-electron chi connectivity index (χ4n) is 3.29. The maximum absolute atomic E-state index is 12.6. The summed E-state index contributed by atoms with van der Waals surface area (Å²) in [6.07, 6.45) is 0.00691. The first-order valence-corrected chi connectivity index (χ1v) is 9.86. The first-order valence-electron chi connectivity index (χ1n) is 9.86. The lowest BCUT2D eigenvalue weighted by Gasteiger charge is -2.13. The van der Waals surface area contributed by atoms with E-state index in [1.165, 1.54) is 4.68 Å². The molecule has 0 unspecified atom stereocenters. The summed E-state index contributed by atoms with van der Waals surface area (Å²) in [6, 6.07) is 21.3. The molecule has 31 heavy (non-hydrogen) atoms. The van der Waals surface area contributed by atoms with Gasteiger partial charge in [0.15, 0.2) is 5.75 Å². The average Bonchev–Trinajstić information content (AvgIpc) is 2.77. The van der Waals surface area contributed by atoms with Crippen molar-refractivity contribution in [2.45, 2.75) is 19.9 Å². The average molecular weight is 415 g/mol. The van der Waals surface area contributed by atoms with E-state index >= 15 is 0 Å². The van der Waals surface area contributed by atoms with Crippen LogP contribution in [0.15, 0.2) is 82.4 Å². The van der Waals surface area contributed by atoms with Crippen molar-refractivity contribution in [1.82, 2.24) is 9.78 Å². The zero-order valence-electron chi connectivity index (χ0n) is 16.9. The first-order chi connectivity index (χ1) is 15.0. The number of aryl methyl sites for hydroxylation is 2. The van der Waals surface area contributed by atoms with E-state index in [9.17, 15) is 14.4 Å². The topological polar surface area (TPSA) is 93.2 Å². The third-order valence-corrected chi connectivity index (χ3v) is 4.82. The maximum Gasteiger partial charge on any atom is 0.273 e. The summed E-state index contributed by atoms with van der Waals surface area (Å²) in [4.78, 5) is 37.3. The molecule has 0 radical (unpaired) electrons. The van der Waals surface area contributed by atoms with Crippen molar-refractivity contribution in [3.05, 3.63) is 99.1 Å². The van der Waals surface area contributed by atoms with Crippen molar-refractivity contribution in [3.8, 4) is 11.5 Å². The number of ether oxygens (including phenoxy) is 1. The number of hydrogen-bond donors (Lipinski definition) is 2. The molecule has 4 rings (SSSR count). The molecule has 0 aliphatic rings. The summed E-state index contributed by atoms with van der Waals surface area (Å²) in [5, 5.41) is 6.00. The summed E-state index contributed by atoms with van der Waals surface area (Å²) < 4.78 is 7.09. The quantitative estimate of drug-likeness (QED) is 0.501. The highest BCUT2D eigenvalue weighted by atomic mass is 16.5. The largest absolute Gasteiger partial charge is 0.455 e. The Balaban J connectivity index is 1.48. The van der Waals surface area contributed by atoms with Gasteiger partial charge in [0.2, 0.25) is 5.91 Å². The third kappa shape index (κ3) is 4.56. The molecule has 0 saturated heterocycles. The second-order valence-electron chi connectivity index (χ2n) is 7.16. The number of aromatic amines is 1. The van der Waals surface area contributed by atoms with Crippen molar-refractivity contribution < 1.29 is 9.53 Å². The first kappa shape index (κ1) is 20.2. The summed E-state index contributed by atoms with van der Waals surface area (Å²) in [5.74, 6) is 0.876. The molecule has 0 atom stereocenters. The number of carbonyl (C=O) groups excluding carboxylic acids is 1. The van der Waals surface area contributed by atoms with E-state index in [-0.39, 0.29) is 30.0 Å². The zero-order valence-corrected chi connectivity index (χ0v) is 16.9. The number of anilines is 1. The predicted octanol–water partition coefficient (Wildman–Crippen LogP) is 3.82. The standard InChI is InChI=1S/C24H21N3O4/c1-16-7-6-8-17(15-16)31-21-12-5-4-11-20(21)25-22(28)13-14-27-24(30)19-10-3-2-9-18(19)23(29)26-27/h2-12,15H,13-14H2,1H3,(H,25,28)(H,26,29). The molecule has 1 amide bonds. The Morgan fingerprint density at radius 2 is 1.71 bits per heavy atom. The molecule has 7 nitrogen and oxygen atoms in total. The Labute approximate surface area is 177 Å². The Hall–Kier alpha value is -4.13. The van der Waals surface area contributed by atoms with Crippen LogP contribution < -0.4 is 21.2 Å². The monoisotopic (exact) mass is 415 g/mol. The van der Waals surface area contributed by atoms with Crippen LogP contribution in [0.2, 0.25) is 0 Å². The van der Waals surface area contributed by atoms with Crippen molar-refractivity contribution in [1.29, 1.82) is 0 Å². The van der Waals surface area contributed by atoms with Crippen molar-refractivity contribution in [2.75, 3.05) is 5.32 Å². The highest BCUT2D eigenvalue weighted by molar-refractivity contribution is 5.92. The second-order valence-corrected chi connectivity index (χ2v) is 7.16. The van der Waals surface area contributed by atoms with Gasteiger partial charge in [-0.2, -0.15) is 0 Å². The highest BCUT2D eigenvalue weighted by Crippen LogP contribution is 2.29. The second kappa shape index (κ2) is 8.71. The number of para-hydroxylation sites is 2. The van der Waals surface area contributed by atoms with E-state index in [1.807, 2.05) is 37.3 Å². The molecule has 0 bridgehead atoms. The van der Waals surface area contributed by atoms with Gasteiger partial charge in [-0.05, 0) is 48.9 Å². The number of benzene rings is 3. The summed E-state index contributed by atoms with van der Waals surface area (Å²) in [5.41, 5.74) is 0.876. The third-order valence-electron chi connectivity index (χ3n) is 4.82. The fraction of sp³-hybridized carbons (Fsp3) is 0.125. The minimum atomic E-state index is -0.368. The van der Waals surface area contributed by atoms with Crippen LogP contribution in [0.25, 0.3) is 10.8 Å². The minimum absolute atomic E-state index is 0.00691. The number of rotatable bonds is 6. The molecule has 1 aromatic heterocycles. The van der Waals surface area contributed by atoms with Crippen LogP contribution in [0.5, 0.6) is 11.5 Å². The minimum Gasteiger partial charge on any atom is -0.455 e. The summed E-state index contributed by atoms with van der Waals surface area (Å²) >= 11 is 0. The molecular formula is C24H21N3O4. The van der Waals surface area contributed by atoms with Gasteiger partial charge in [0.1, 0.15) is 5.75 Å². The number of fused-ring (bicyclic) bond motifs is 1. The SMILES string of the molecule is Cc1cccc(Oc2ccccc2NC(=O)CCn2[nH]c(=O)c3ccccc3c2=O)c1. The van der Waals surface area contributed by atoms with Crippen LogP contribution in [0.4, 0.5) is 5.69 Å². The van der Waals surface area contributed by atoms with E-state index in [1.54, 1.807) is 42.5 Å². The highest BCUT2D eigenvalue weighted by Gasteiger charge is 2.11. The van der Waals surface area contributed by atoms with Gasteiger partial charge >= 0.3 is 0 Å². The van der Waals surface area contributed by atoms with Crippen LogP contribution in [0.1, 0.15) is 12.0 Å². The Kier molecular flexibility index (Phi) is 5.66. The fourth-order valence-corrected chi connectivity index (χ4v) is 3.29.